The summed E-state index contributed by atoms with van der Waals surface area (Å²) in [6.07, 6.45) is 0. The van der Waals surface area contributed by atoms with E-state index in [9.17, 15) is 4.79 Å². The van der Waals surface area contributed by atoms with Crippen LogP contribution in [0.5, 0.6) is 5.75 Å². The molecule has 1 amide bonds. The van der Waals surface area contributed by atoms with Crippen LogP contribution in [0.15, 0.2) is 46.9 Å². The predicted molar refractivity (Wildman–Crippen MR) is 99.9 cm³/mol. The van der Waals surface area contributed by atoms with Gasteiger partial charge in [-0.1, -0.05) is 28.1 Å². The van der Waals surface area contributed by atoms with Crippen molar-refractivity contribution >= 4 is 32.7 Å². The normalized spacial score (nSPS) is 17.0. The highest BCUT2D eigenvalue weighted by atomic mass is 79.9. The molecule has 0 bridgehead atoms. The number of hydrogen-bond donors (Lipinski definition) is 0. The SMILES string of the molecule is COc1ccc(CN2C[C@@H](C)n3nc4cc(Br)ccc4c3C2=O)cc1. The number of methoxy groups -OCH3 is 1. The molecule has 25 heavy (non-hydrogen) atoms. The van der Waals surface area contributed by atoms with Crippen molar-refractivity contribution in [3.8, 4) is 5.75 Å². The third kappa shape index (κ3) is 2.80. The lowest BCUT2D eigenvalue weighted by Crippen LogP contribution is -2.41. The summed E-state index contributed by atoms with van der Waals surface area (Å²) in [5.41, 5.74) is 2.60. The Morgan fingerprint density at radius 1 is 1.24 bits per heavy atom. The highest BCUT2D eigenvalue weighted by molar-refractivity contribution is 9.10. The average molecular weight is 400 g/mol. The molecule has 0 radical (unpaired) electrons. The first-order valence-electron chi connectivity index (χ1n) is 8.17. The summed E-state index contributed by atoms with van der Waals surface area (Å²) in [6, 6.07) is 13.8. The first kappa shape index (κ1) is 16.1. The van der Waals surface area contributed by atoms with E-state index in [2.05, 4.69) is 28.0 Å². The topological polar surface area (TPSA) is 47.4 Å². The second-order valence-corrected chi connectivity index (χ2v) is 7.25. The minimum Gasteiger partial charge on any atom is -0.497 e. The number of fused-ring (bicyclic) bond motifs is 3. The summed E-state index contributed by atoms with van der Waals surface area (Å²) in [6.45, 7) is 3.32. The van der Waals surface area contributed by atoms with E-state index in [0.717, 1.165) is 26.7 Å². The lowest BCUT2D eigenvalue weighted by Gasteiger charge is -2.32. The van der Waals surface area contributed by atoms with Crippen LogP contribution in [0.4, 0.5) is 0 Å². The van der Waals surface area contributed by atoms with Gasteiger partial charge in [-0.2, -0.15) is 5.10 Å². The molecule has 0 saturated heterocycles. The average Bonchev–Trinajstić information content (AvgIpc) is 2.99. The maximum Gasteiger partial charge on any atom is 0.273 e. The molecule has 0 aliphatic carbocycles. The zero-order chi connectivity index (χ0) is 17.6. The predicted octanol–water partition coefficient (Wildman–Crippen LogP) is 4.02. The zero-order valence-electron chi connectivity index (χ0n) is 14.1. The second-order valence-electron chi connectivity index (χ2n) is 6.34. The number of ether oxygens (including phenoxy) is 1. The van der Waals surface area contributed by atoms with Gasteiger partial charge in [-0.25, -0.2) is 0 Å². The van der Waals surface area contributed by atoms with Crippen LogP contribution in [0.2, 0.25) is 0 Å². The summed E-state index contributed by atoms with van der Waals surface area (Å²) < 4.78 is 8.02. The van der Waals surface area contributed by atoms with Crippen molar-refractivity contribution in [3.05, 3.63) is 58.2 Å². The van der Waals surface area contributed by atoms with Crippen molar-refractivity contribution in [2.45, 2.75) is 19.5 Å². The van der Waals surface area contributed by atoms with Gasteiger partial charge in [0.05, 0.1) is 18.7 Å². The van der Waals surface area contributed by atoms with Gasteiger partial charge < -0.3 is 9.64 Å². The van der Waals surface area contributed by atoms with E-state index in [0.29, 0.717) is 18.8 Å². The number of carbonyl (C=O) groups excluding carboxylic acids is 1. The maximum absolute atomic E-state index is 13.1. The van der Waals surface area contributed by atoms with E-state index in [4.69, 9.17) is 4.74 Å². The van der Waals surface area contributed by atoms with Crippen LogP contribution in [0.3, 0.4) is 0 Å². The van der Waals surface area contributed by atoms with Crippen LogP contribution in [-0.4, -0.2) is 34.2 Å². The molecule has 0 unspecified atom stereocenters. The molecule has 3 aromatic rings. The molecule has 2 aromatic carbocycles. The van der Waals surface area contributed by atoms with Crippen LogP contribution in [-0.2, 0) is 6.54 Å². The standard InChI is InChI=1S/C19H18BrN3O2/c1-12-10-22(11-13-3-6-15(25-2)7-4-13)19(24)18-16-8-5-14(20)9-17(16)21-23(12)18/h3-9,12H,10-11H2,1-2H3/t12-/m1/s1. The zero-order valence-corrected chi connectivity index (χ0v) is 15.7. The fraction of sp³-hybridized carbons (Fsp3) is 0.263. The number of rotatable bonds is 3. The molecule has 0 N–H and O–H groups in total. The minimum atomic E-state index is 0.0266. The van der Waals surface area contributed by atoms with Crippen LogP contribution in [0.1, 0.15) is 29.0 Å². The summed E-state index contributed by atoms with van der Waals surface area (Å²) in [5, 5.41) is 5.53. The Hall–Kier alpha value is -2.34. The van der Waals surface area contributed by atoms with Crippen molar-refractivity contribution in [1.29, 1.82) is 0 Å². The molecule has 0 fully saturated rings. The fourth-order valence-corrected chi connectivity index (χ4v) is 3.68. The first-order valence-corrected chi connectivity index (χ1v) is 8.96. The molecule has 128 valence electrons. The minimum absolute atomic E-state index is 0.0266. The Morgan fingerprint density at radius 3 is 2.72 bits per heavy atom. The number of carbonyl (C=O) groups is 1. The monoisotopic (exact) mass is 399 g/mol. The smallest absolute Gasteiger partial charge is 0.273 e. The quantitative estimate of drug-likeness (QED) is 0.667. The van der Waals surface area contributed by atoms with Crippen molar-refractivity contribution < 1.29 is 9.53 Å². The number of halogens is 1. The van der Waals surface area contributed by atoms with Crippen molar-refractivity contribution in [1.82, 2.24) is 14.7 Å². The number of amides is 1. The molecular formula is C19H18BrN3O2. The van der Waals surface area contributed by atoms with E-state index in [1.165, 1.54) is 0 Å². The molecule has 2 heterocycles. The Kier molecular flexibility index (Phi) is 4.00. The third-order valence-electron chi connectivity index (χ3n) is 4.58. The van der Waals surface area contributed by atoms with Gasteiger partial charge >= 0.3 is 0 Å². The van der Waals surface area contributed by atoms with Crippen molar-refractivity contribution in [2.24, 2.45) is 0 Å². The molecular weight excluding hydrogens is 382 g/mol. The highest BCUT2D eigenvalue weighted by Crippen LogP contribution is 2.30. The molecule has 1 atom stereocenters. The Bertz CT molecular complexity index is 949. The van der Waals surface area contributed by atoms with Gasteiger partial charge in [-0.15, -0.1) is 0 Å². The van der Waals surface area contributed by atoms with Gasteiger partial charge in [0, 0.05) is 22.9 Å². The molecule has 0 saturated carbocycles. The Labute approximate surface area is 154 Å². The lowest BCUT2D eigenvalue weighted by molar-refractivity contribution is 0.0654. The largest absolute Gasteiger partial charge is 0.497 e. The first-order chi connectivity index (χ1) is 12.1. The molecule has 0 spiro atoms. The van der Waals surface area contributed by atoms with E-state index < -0.39 is 0 Å². The second kappa shape index (κ2) is 6.19. The number of aromatic nitrogens is 2. The summed E-state index contributed by atoms with van der Waals surface area (Å²) in [4.78, 5) is 15.0. The summed E-state index contributed by atoms with van der Waals surface area (Å²) in [7, 11) is 1.65. The van der Waals surface area contributed by atoms with Crippen molar-refractivity contribution in [3.63, 3.8) is 0 Å². The molecule has 5 nitrogen and oxygen atoms in total. The third-order valence-corrected chi connectivity index (χ3v) is 5.08. The van der Waals surface area contributed by atoms with Gasteiger partial charge in [-0.05, 0) is 42.8 Å². The van der Waals surface area contributed by atoms with Crippen LogP contribution in [0.25, 0.3) is 10.9 Å². The van der Waals surface area contributed by atoms with Crippen LogP contribution >= 0.6 is 15.9 Å². The van der Waals surface area contributed by atoms with Crippen LogP contribution < -0.4 is 4.74 Å². The fourth-order valence-electron chi connectivity index (χ4n) is 3.33. The number of benzene rings is 2. The highest BCUT2D eigenvalue weighted by Gasteiger charge is 2.32. The van der Waals surface area contributed by atoms with E-state index in [-0.39, 0.29) is 11.9 Å². The molecule has 1 aromatic heterocycles. The van der Waals surface area contributed by atoms with Crippen molar-refractivity contribution in [2.75, 3.05) is 13.7 Å². The van der Waals surface area contributed by atoms with Gasteiger partial charge in [0.2, 0.25) is 0 Å². The van der Waals surface area contributed by atoms with E-state index in [1.807, 2.05) is 52.0 Å². The molecule has 6 heteroatoms. The van der Waals surface area contributed by atoms with Gasteiger partial charge in [0.25, 0.3) is 5.91 Å². The van der Waals surface area contributed by atoms with E-state index >= 15 is 0 Å². The summed E-state index contributed by atoms with van der Waals surface area (Å²) in [5.74, 6) is 0.843. The number of nitrogens with zero attached hydrogens (tertiary/aromatic N) is 3. The lowest BCUT2D eigenvalue weighted by atomic mass is 10.1. The molecule has 4 rings (SSSR count). The van der Waals surface area contributed by atoms with Gasteiger partial charge in [0.15, 0.2) is 0 Å². The Balaban J connectivity index is 1.69. The molecule has 1 aliphatic heterocycles. The molecule has 1 aliphatic rings. The van der Waals surface area contributed by atoms with E-state index in [1.54, 1.807) is 7.11 Å². The van der Waals surface area contributed by atoms with Crippen LogP contribution in [0, 0.1) is 0 Å². The van der Waals surface area contributed by atoms with Gasteiger partial charge in [-0.3, -0.25) is 9.48 Å². The Morgan fingerprint density at radius 2 is 2.00 bits per heavy atom. The number of hydrogen-bond acceptors (Lipinski definition) is 3. The summed E-state index contributed by atoms with van der Waals surface area (Å²) >= 11 is 3.47. The maximum atomic E-state index is 13.1. The van der Waals surface area contributed by atoms with Gasteiger partial charge in [0.1, 0.15) is 11.4 Å².